The van der Waals surface area contributed by atoms with E-state index in [0.29, 0.717) is 12.2 Å². The average Bonchev–Trinajstić information content (AvgIpc) is 2.63. The number of hydrogen-bond donors (Lipinski definition) is 1. The average molecular weight is 340 g/mol. The van der Waals surface area contributed by atoms with Gasteiger partial charge in [-0.1, -0.05) is 30.3 Å². The molecule has 0 saturated heterocycles. The van der Waals surface area contributed by atoms with Crippen LogP contribution in [-0.2, 0) is 14.3 Å². The van der Waals surface area contributed by atoms with E-state index in [1.807, 2.05) is 6.07 Å². The van der Waals surface area contributed by atoms with Crippen LogP contribution in [-0.4, -0.2) is 30.9 Å². The minimum atomic E-state index is -0.817. The smallest absolute Gasteiger partial charge is 0.340 e. The fourth-order valence-electron chi connectivity index (χ4n) is 2.33. The van der Waals surface area contributed by atoms with Crippen molar-refractivity contribution in [3.8, 4) is 0 Å². The fraction of sp³-hybridized carbons (Fsp3) is 0.211. The molecule has 2 aromatic rings. The first-order valence-electron chi connectivity index (χ1n) is 8.02. The first-order valence-corrected chi connectivity index (χ1v) is 8.02. The Kier molecular flexibility index (Phi) is 6.28. The van der Waals surface area contributed by atoms with Gasteiger partial charge in [-0.15, -0.1) is 0 Å². The second kappa shape index (κ2) is 8.63. The Morgan fingerprint density at radius 1 is 0.960 bits per heavy atom. The van der Waals surface area contributed by atoms with Crippen LogP contribution in [0.2, 0.25) is 0 Å². The summed E-state index contributed by atoms with van der Waals surface area (Å²) < 4.78 is 4.96. The van der Waals surface area contributed by atoms with Crippen LogP contribution in [0.1, 0.15) is 24.2 Å². The van der Waals surface area contributed by atoms with Crippen molar-refractivity contribution in [2.45, 2.75) is 13.8 Å². The number of amides is 2. The van der Waals surface area contributed by atoms with Crippen molar-refractivity contribution in [1.29, 1.82) is 0 Å². The molecule has 130 valence electrons. The summed E-state index contributed by atoms with van der Waals surface area (Å²) in [5, 5.41) is 2.50. The number of ether oxygens (including phenoxy) is 1. The van der Waals surface area contributed by atoms with Crippen LogP contribution in [0.5, 0.6) is 0 Å². The van der Waals surface area contributed by atoms with E-state index in [1.54, 1.807) is 56.3 Å². The van der Waals surface area contributed by atoms with Gasteiger partial charge in [0.1, 0.15) is 0 Å². The molecule has 6 heteroatoms. The van der Waals surface area contributed by atoms with Gasteiger partial charge in [0.25, 0.3) is 0 Å². The number of para-hydroxylation sites is 2. The van der Waals surface area contributed by atoms with Crippen molar-refractivity contribution >= 4 is 29.2 Å². The Morgan fingerprint density at radius 2 is 1.60 bits per heavy atom. The van der Waals surface area contributed by atoms with E-state index in [-0.39, 0.29) is 17.9 Å². The molecule has 0 spiro atoms. The molecule has 0 aliphatic rings. The molecular formula is C19H20N2O4. The monoisotopic (exact) mass is 340 g/mol. The van der Waals surface area contributed by atoms with Gasteiger partial charge in [0, 0.05) is 12.2 Å². The van der Waals surface area contributed by atoms with Gasteiger partial charge in [0.2, 0.25) is 0 Å². The summed E-state index contributed by atoms with van der Waals surface area (Å²) in [7, 11) is 0. The number of nitrogens with zero attached hydrogens (tertiary/aromatic N) is 1. The van der Waals surface area contributed by atoms with Crippen molar-refractivity contribution in [3.63, 3.8) is 0 Å². The molecule has 2 aromatic carbocycles. The summed E-state index contributed by atoms with van der Waals surface area (Å²) in [4.78, 5) is 38.2. The van der Waals surface area contributed by atoms with E-state index in [4.69, 9.17) is 4.74 Å². The van der Waals surface area contributed by atoms with E-state index in [9.17, 15) is 14.4 Å². The number of rotatable bonds is 5. The standard InChI is InChI=1S/C19H20N2O4/c1-3-21(14-10-6-5-7-11-14)18(23)17(22)20-16-13-9-8-12-15(16)19(24)25-4-2/h5-13H,3-4H2,1-2H3,(H,20,22). The Bertz CT molecular complexity index is 759. The molecule has 0 unspecified atom stereocenters. The zero-order chi connectivity index (χ0) is 18.2. The third-order valence-corrected chi connectivity index (χ3v) is 3.49. The number of nitrogens with one attached hydrogen (secondary N) is 1. The predicted molar refractivity (Wildman–Crippen MR) is 95.5 cm³/mol. The van der Waals surface area contributed by atoms with Crippen LogP contribution in [0.25, 0.3) is 0 Å². The second-order valence-electron chi connectivity index (χ2n) is 5.11. The van der Waals surface area contributed by atoms with Gasteiger partial charge in [-0.25, -0.2) is 4.79 Å². The van der Waals surface area contributed by atoms with Crippen LogP contribution in [0.3, 0.4) is 0 Å². The van der Waals surface area contributed by atoms with Crippen LogP contribution in [0.15, 0.2) is 54.6 Å². The van der Waals surface area contributed by atoms with Gasteiger partial charge in [0.05, 0.1) is 17.9 Å². The summed E-state index contributed by atoms with van der Waals surface area (Å²) in [5.41, 5.74) is 1.07. The Morgan fingerprint density at radius 3 is 2.24 bits per heavy atom. The number of hydrogen-bond acceptors (Lipinski definition) is 4. The Labute approximate surface area is 146 Å². The topological polar surface area (TPSA) is 75.7 Å². The first kappa shape index (κ1) is 18.2. The summed E-state index contributed by atoms with van der Waals surface area (Å²) in [6.45, 7) is 4.04. The van der Waals surface area contributed by atoms with Crippen molar-refractivity contribution in [2.24, 2.45) is 0 Å². The summed E-state index contributed by atoms with van der Waals surface area (Å²) in [6.07, 6.45) is 0. The van der Waals surface area contributed by atoms with Crippen LogP contribution in [0.4, 0.5) is 11.4 Å². The summed E-state index contributed by atoms with van der Waals surface area (Å²) in [6, 6.07) is 15.3. The highest BCUT2D eigenvalue weighted by atomic mass is 16.5. The molecule has 0 bridgehead atoms. The fourth-order valence-corrected chi connectivity index (χ4v) is 2.33. The third-order valence-electron chi connectivity index (χ3n) is 3.49. The maximum Gasteiger partial charge on any atom is 0.340 e. The van der Waals surface area contributed by atoms with E-state index in [0.717, 1.165) is 0 Å². The van der Waals surface area contributed by atoms with Gasteiger partial charge >= 0.3 is 17.8 Å². The van der Waals surface area contributed by atoms with Gasteiger partial charge in [0.15, 0.2) is 0 Å². The van der Waals surface area contributed by atoms with Crippen molar-refractivity contribution in [2.75, 3.05) is 23.4 Å². The number of benzene rings is 2. The maximum absolute atomic E-state index is 12.5. The molecule has 0 aliphatic heterocycles. The number of likely N-dealkylation sites (N-methyl/N-ethyl adjacent to an activating group) is 1. The number of anilines is 2. The quantitative estimate of drug-likeness (QED) is 0.671. The molecule has 6 nitrogen and oxygen atoms in total. The molecule has 25 heavy (non-hydrogen) atoms. The highest BCUT2D eigenvalue weighted by Crippen LogP contribution is 2.18. The molecule has 0 aliphatic carbocycles. The van der Waals surface area contributed by atoms with Crippen molar-refractivity contribution in [3.05, 3.63) is 60.2 Å². The van der Waals surface area contributed by atoms with Gasteiger partial charge in [-0.2, -0.15) is 0 Å². The normalized spacial score (nSPS) is 10.0. The number of carbonyl (C=O) groups excluding carboxylic acids is 3. The van der Waals surface area contributed by atoms with Crippen molar-refractivity contribution in [1.82, 2.24) is 0 Å². The zero-order valence-corrected chi connectivity index (χ0v) is 14.2. The number of esters is 1. The second-order valence-corrected chi connectivity index (χ2v) is 5.11. The first-order chi connectivity index (χ1) is 12.1. The molecule has 2 amide bonds. The zero-order valence-electron chi connectivity index (χ0n) is 14.2. The molecule has 0 aromatic heterocycles. The number of carbonyl (C=O) groups is 3. The van der Waals surface area contributed by atoms with Crippen LogP contribution in [0, 0.1) is 0 Å². The Balaban J connectivity index is 2.19. The molecular weight excluding hydrogens is 320 g/mol. The lowest BCUT2D eigenvalue weighted by Gasteiger charge is -2.20. The minimum Gasteiger partial charge on any atom is -0.462 e. The Hall–Kier alpha value is -3.15. The predicted octanol–water partition coefficient (Wildman–Crippen LogP) is 2.85. The maximum atomic E-state index is 12.5. The molecule has 0 heterocycles. The lowest BCUT2D eigenvalue weighted by Crippen LogP contribution is -2.40. The van der Waals surface area contributed by atoms with Gasteiger partial charge < -0.3 is 15.0 Å². The third kappa shape index (κ3) is 4.44. The van der Waals surface area contributed by atoms with Crippen molar-refractivity contribution < 1.29 is 19.1 Å². The SMILES string of the molecule is CCOC(=O)c1ccccc1NC(=O)C(=O)N(CC)c1ccccc1. The molecule has 2 rings (SSSR count). The largest absolute Gasteiger partial charge is 0.462 e. The molecule has 1 N–H and O–H groups in total. The van der Waals surface area contributed by atoms with E-state index in [1.165, 1.54) is 11.0 Å². The van der Waals surface area contributed by atoms with E-state index < -0.39 is 17.8 Å². The van der Waals surface area contributed by atoms with E-state index in [2.05, 4.69) is 5.32 Å². The lowest BCUT2D eigenvalue weighted by atomic mass is 10.1. The highest BCUT2D eigenvalue weighted by molar-refractivity contribution is 6.44. The van der Waals surface area contributed by atoms with Gasteiger partial charge in [-0.05, 0) is 38.1 Å². The molecule has 0 radical (unpaired) electrons. The van der Waals surface area contributed by atoms with Gasteiger partial charge in [-0.3, -0.25) is 9.59 Å². The minimum absolute atomic E-state index is 0.202. The van der Waals surface area contributed by atoms with Crippen LogP contribution >= 0.6 is 0 Å². The summed E-state index contributed by atoms with van der Waals surface area (Å²) >= 11 is 0. The molecule has 0 saturated carbocycles. The lowest BCUT2D eigenvalue weighted by molar-refractivity contribution is -0.134. The van der Waals surface area contributed by atoms with E-state index >= 15 is 0 Å². The summed E-state index contributed by atoms with van der Waals surface area (Å²) in [5.74, 6) is -2.07. The highest BCUT2D eigenvalue weighted by Gasteiger charge is 2.23. The van der Waals surface area contributed by atoms with Crippen LogP contribution < -0.4 is 10.2 Å². The molecule has 0 fully saturated rings. The molecule has 0 atom stereocenters.